The second kappa shape index (κ2) is 6.68. The fourth-order valence-corrected chi connectivity index (χ4v) is 4.43. The van der Waals surface area contributed by atoms with Gasteiger partial charge in [0.2, 0.25) is 5.91 Å². The van der Waals surface area contributed by atoms with E-state index >= 15 is 0 Å². The van der Waals surface area contributed by atoms with E-state index in [0.717, 1.165) is 18.2 Å². The summed E-state index contributed by atoms with van der Waals surface area (Å²) in [6.45, 7) is 0. The molecule has 3 rings (SSSR count). The number of hydrogen-bond donors (Lipinski definition) is 1. The molecule has 4 nitrogen and oxygen atoms in total. The van der Waals surface area contributed by atoms with Crippen LogP contribution in [0.15, 0.2) is 47.4 Å². The van der Waals surface area contributed by atoms with Crippen LogP contribution in [-0.4, -0.2) is 14.3 Å². The summed E-state index contributed by atoms with van der Waals surface area (Å²) in [7, 11) is -4.48. The summed E-state index contributed by atoms with van der Waals surface area (Å²) in [5, 5.41) is 0.572. The van der Waals surface area contributed by atoms with Crippen molar-refractivity contribution in [1.29, 1.82) is 0 Å². The van der Waals surface area contributed by atoms with Crippen LogP contribution in [0.4, 0.5) is 13.2 Å². The third kappa shape index (κ3) is 3.93. The molecule has 1 aliphatic carbocycles. The minimum atomic E-state index is -4.70. The zero-order valence-electron chi connectivity index (χ0n) is 13.5. The number of benzene rings is 2. The molecule has 0 saturated heterocycles. The van der Waals surface area contributed by atoms with E-state index in [1.807, 2.05) is 4.72 Å². The predicted molar refractivity (Wildman–Crippen MR) is 94.1 cm³/mol. The Morgan fingerprint density at radius 1 is 1.07 bits per heavy atom. The van der Waals surface area contributed by atoms with E-state index in [1.165, 1.54) is 18.2 Å². The molecule has 144 valence electrons. The van der Waals surface area contributed by atoms with Gasteiger partial charge in [0, 0.05) is 10.0 Å². The molecule has 0 spiro atoms. The lowest BCUT2D eigenvalue weighted by molar-refractivity contribution is -0.137. The Morgan fingerprint density at radius 2 is 1.74 bits per heavy atom. The number of halogens is 5. The summed E-state index contributed by atoms with van der Waals surface area (Å²) in [5.74, 6) is -0.843. The molecule has 0 bridgehead atoms. The van der Waals surface area contributed by atoms with Gasteiger partial charge < -0.3 is 0 Å². The Bertz CT molecular complexity index is 1020. The predicted octanol–water partition coefficient (Wildman–Crippen LogP) is 4.55. The van der Waals surface area contributed by atoms with Crippen molar-refractivity contribution in [3.63, 3.8) is 0 Å². The molecule has 1 fully saturated rings. The molecule has 2 aromatic rings. The van der Waals surface area contributed by atoms with Gasteiger partial charge >= 0.3 is 6.18 Å². The first-order chi connectivity index (χ1) is 12.5. The minimum absolute atomic E-state index is 0.214. The molecule has 27 heavy (non-hydrogen) atoms. The van der Waals surface area contributed by atoms with Crippen molar-refractivity contribution in [2.75, 3.05) is 0 Å². The Kier molecular flexibility index (Phi) is 4.95. The SMILES string of the molecule is O=C(NS(=O)(=O)c1cccc(C(F)(F)F)c1)C1(c2ccc(Cl)cc2Cl)CC1. The van der Waals surface area contributed by atoms with Gasteiger partial charge in [0.15, 0.2) is 0 Å². The fraction of sp³-hybridized carbons (Fsp3) is 0.235. The molecule has 1 amide bonds. The quantitative estimate of drug-likeness (QED) is 0.762. The third-order valence-electron chi connectivity index (χ3n) is 4.33. The molecule has 1 N–H and O–H groups in total. The highest BCUT2D eigenvalue weighted by Crippen LogP contribution is 2.51. The van der Waals surface area contributed by atoms with Crippen molar-refractivity contribution >= 4 is 39.1 Å². The van der Waals surface area contributed by atoms with Gasteiger partial charge in [-0.2, -0.15) is 13.2 Å². The van der Waals surface area contributed by atoms with Crippen molar-refractivity contribution in [3.8, 4) is 0 Å². The molecule has 0 heterocycles. The molecule has 0 atom stereocenters. The number of sulfonamides is 1. The highest BCUT2D eigenvalue weighted by atomic mass is 35.5. The zero-order chi connectivity index (χ0) is 20.0. The molecular weight excluding hydrogens is 426 g/mol. The average Bonchev–Trinajstić information content (AvgIpc) is 3.35. The molecule has 0 aliphatic heterocycles. The number of nitrogens with one attached hydrogen (secondary N) is 1. The summed E-state index contributed by atoms with van der Waals surface area (Å²) in [4.78, 5) is 12.0. The van der Waals surface area contributed by atoms with Gasteiger partial charge in [-0.1, -0.05) is 35.3 Å². The molecule has 0 radical (unpaired) electrons. The lowest BCUT2D eigenvalue weighted by Crippen LogP contribution is -2.39. The van der Waals surface area contributed by atoms with Gasteiger partial charge in [-0.05, 0) is 48.7 Å². The maximum atomic E-state index is 12.8. The standard InChI is InChI=1S/C17H12Cl2F3NO3S/c18-11-4-5-13(14(19)9-11)16(6-7-16)15(24)23-27(25,26)12-3-1-2-10(8-12)17(20,21)22/h1-5,8-9H,6-7H2,(H,23,24). The molecule has 0 unspecified atom stereocenters. The van der Waals surface area contributed by atoms with Gasteiger partial charge in [0.25, 0.3) is 10.0 Å². The highest BCUT2D eigenvalue weighted by molar-refractivity contribution is 7.90. The minimum Gasteiger partial charge on any atom is -0.273 e. The van der Waals surface area contributed by atoms with Gasteiger partial charge in [-0.25, -0.2) is 13.1 Å². The van der Waals surface area contributed by atoms with E-state index in [1.54, 1.807) is 0 Å². The second-order valence-electron chi connectivity index (χ2n) is 6.17. The average molecular weight is 438 g/mol. The lowest BCUT2D eigenvalue weighted by atomic mass is 9.95. The van der Waals surface area contributed by atoms with Crippen LogP contribution in [0.3, 0.4) is 0 Å². The number of carbonyl (C=O) groups excluding carboxylic acids is 1. The Hall–Kier alpha value is -1.77. The van der Waals surface area contributed by atoms with E-state index < -0.39 is 38.0 Å². The van der Waals surface area contributed by atoms with Crippen LogP contribution < -0.4 is 4.72 Å². The summed E-state index contributed by atoms with van der Waals surface area (Å²) in [5.41, 5.74) is -1.85. The van der Waals surface area contributed by atoms with E-state index in [0.29, 0.717) is 29.5 Å². The molecular formula is C17H12Cl2F3NO3S. The largest absolute Gasteiger partial charge is 0.416 e. The van der Waals surface area contributed by atoms with E-state index in [2.05, 4.69) is 0 Å². The summed E-state index contributed by atoms with van der Waals surface area (Å²) in [6.07, 6.45) is -3.99. The molecule has 1 aliphatic rings. The highest BCUT2D eigenvalue weighted by Gasteiger charge is 2.53. The van der Waals surface area contributed by atoms with Crippen LogP contribution in [0.5, 0.6) is 0 Å². The normalized spacial score (nSPS) is 16.0. The summed E-state index contributed by atoms with van der Waals surface area (Å²) < 4.78 is 65.1. The fourth-order valence-electron chi connectivity index (χ4n) is 2.74. The van der Waals surface area contributed by atoms with Crippen LogP contribution in [0.1, 0.15) is 24.0 Å². The van der Waals surface area contributed by atoms with Crippen LogP contribution in [0.25, 0.3) is 0 Å². The van der Waals surface area contributed by atoms with Crippen molar-refractivity contribution in [2.45, 2.75) is 29.3 Å². The van der Waals surface area contributed by atoms with Crippen LogP contribution in [0.2, 0.25) is 10.0 Å². The van der Waals surface area contributed by atoms with Crippen LogP contribution in [-0.2, 0) is 26.4 Å². The molecule has 2 aromatic carbocycles. The number of rotatable bonds is 4. The van der Waals surface area contributed by atoms with Gasteiger partial charge in [0.05, 0.1) is 15.9 Å². The number of alkyl halides is 3. The first-order valence-electron chi connectivity index (χ1n) is 7.66. The monoisotopic (exact) mass is 437 g/mol. The Balaban J connectivity index is 1.89. The Labute approximate surface area is 163 Å². The van der Waals surface area contributed by atoms with Crippen molar-refractivity contribution in [2.24, 2.45) is 0 Å². The maximum absolute atomic E-state index is 12.8. The van der Waals surface area contributed by atoms with Crippen molar-refractivity contribution in [3.05, 3.63) is 63.6 Å². The van der Waals surface area contributed by atoms with Crippen LogP contribution in [0, 0.1) is 0 Å². The number of amides is 1. The third-order valence-corrected chi connectivity index (χ3v) is 6.21. The summed E-state index contributed by atoms with van der Waals surface area (Å²) >= 11 is 12.0. The maximum Gasteiger partial charge on any atom is 0.416 e. The van der Waals surface area contributed by atoms with E-state index in [9.17, 15) is 26.4 Å². The second-order valence-corrected chi connectivity index (χ2v) is 8.69. The molecule has 1 saturated carbocycles. The topological polar surface area (TPSA) is 63.2 Å². The first-order valence-corrected chi connectivity index (χ1v) is 9.90. The van der Waals surface area contributed by atoms with Gasteiger partial charge in [-0.3, -0.25) is 4.79 Å². The van der Waals surface area contributed by atoms with Crippen LogP contribution >= 0.6 is 23.2 Å². The summed E-state index contributed by atoms with van der Waals surface area (Å²) in [6, 6.07) is 7.67. The first kappa shape index (κ1) is 20.0. The number of hydrogen-bond acceptors (Lipinski definition) is 3. The van der Waals surface area contributed by atoms with Gasteiger partial charge in [0.1, 0.15) is 0 Å². The van der Waals surface area contributed by atoms with E-state index in [-0.39, 0.29) is 5.02 Å². The van der Waals surface area contributed by atoms with Crippen molar-refractivity contribution < 1.29 is 26.4 Å². The number of carbonyl (C=O) groups is 1. The molecule has 10 heteroatoms. The van der Waals surface area contributed by atoms with E-state index in [4.69, 9.17) is 23.2 Å². The smallest absolute Gasteiger partial charge is 0.273 e. The Morgan fingerprint density at radius 3 is 2.30 bits per heavy atom. The molecule has 0 aromatic heterocycles. The lowest BCUT2D eigenvalue weighted by Gasteiger charge is -2.18. The van der Waals surface area contributed by atoms with Crippen molar-refractivity contribution in [1.82, 2.24) is 4.72 Å². The van der Waals surface area contributed by atoms with Gasteiger partial charge in [-0.15, -0.1) is 0 Å². The zero-order valence-corrected chi connectivity index (χ0v) is 15.8.